The fourth-order valence-electron chi connectivity index (χ4n) is 2.18. The summed E-state index contributed by atoms with van der Waals surface area (Å²) in [5, 5.41) is 12.1. The predicted molar refractivity (Wildman–Crippen MR) is 100 cm³/mol. The summed E-state index contributed by atoms with van der Waals surface area (Å²) >= 11 is 2.89. The van der Waals surface area contributed by atoms with E-state index in [1.165, 1.54) is 23.1 Å². The van der Waals surface area contributed by atoms with E-state index in [0.717, 1.165) is 26.3 Å². The minimum Gasteiger partial charge on any atom is -0.330 e. The zero-order valence-electron chi connectivity index (χ0n) is 13.4. The smallest absolute Gasteiger partial charge is 0.210 e. The summed E-state index contributed by atoms with van der Waals surface area (Å²) in [5.41, 5.74) is 2.88. The van der Waals surface area contributed by atoms with E-state index in [9.17, 15) is 4.79 Å². The Kier molecular flexibility index (Phi) is 5.27. The normalized spacial score (nSPS) is 11.9. The topological polar surface area (TPSA) is 54.9 Å². The molecule has 1 atom stereocenters. The van der Waals surface area contributed by atoms with Crippen molar-refractivity contribution in [2.24, 2.45) is 0 Å². The maximum absolute atomic E-state index is 12.4. The zero-order valence-corrected chi connectivity index (χ0v) is 15.0. The fraction of sp³-hybridized carbons (Fsp3) is 0.167. The number of nitrogens with one attached hydrogen (secondary N) is 1. The van der Waals surface area contributed by atoms with Crippen molar-refractivity contribution >= 4 is 39.7 Å². The lowest BCUT2D eigenvalue weighted by molar-refractivity contribution is 0.0994. The highest BCUT2D eigenvalue weighted by Gasteiger charge is 2.18. The highest BCUT2D eigenvalue weighted by atomic mass is 32.2. The predicted octanol–water partition coefficient (Wildman–Crippen LogP) is 4.95. The molecule has 0 aliphatic carbocycles. The molecule has 2 aromatic carbocycles. The van der Waals surface area contributed by atoms with Crippen LogP contribution in [0.5, 0.6) is 0 Å². The molecule has 3 rings (SSSR count). The van der Waals surface area contributed by atoms with Gasteiger partial charge in [0.05, 0.1) is 5.25 Å². The van der Waals surface area contributed by atoms with Gasteiger partial charge in [-0.3, -0.25) is 4.79 Å². The summed E-state index contributed by atoms with van der Waals surface area (Å²) in [4.78, 5) is 12.4. The van der Waals surface area contributed by atoms with Crippen LogP contribution in [-0.2, 0) is 0 Å². The van der Waals surface area contributed by atoms with Crippen LogP contribution in [0, 0.1) is 6.92 Å². The molecular formula is C18H17N3OS2. The monoisotopic (exact) mass is 355 g/mol. The number of hydrogen-bond donors (Lipinski definition) is 1. The van der Waals surface area contributed by atoms with Crippen LogP contribution < -0.4 is 5.32 Å². The molecule has 0 saturated heterocycles. The highest BCUT2D eigenvalue weighted by Crippen LogP contribution is 2.32. The molecule has 0 saturated carbocycles. The molecule has 6 heteroatoms. The number of hydrogen-bond acceptors (Lipinski definition) is 6. The second-order valence-electron chi connectivity index (χ2n) is 5.30. The van der Waals surface area contributed by atoms with Gasteiger partial charge in [0.25, 0.3) is 0 Å². The van der Waals surface area contributed by atoms with Gasteiger partial charge in [-0.05, 0) is 25.5 Å². The Labute approximate surface area is 149 Å². The molecule has 0 amide bonds. The summed E-state index contributed by atoms with van der Waals surface area (Å²) in [7, 11) is 0. The van der Waals surface area contributed by atoms with Gasteiger partial charge in [0.15, 0.2) is 10.1 Å². The van der Waals surface area contributed by atoms with E-state index >= 15 is 0 Å². The standard InChI is InChI=1S/C18H17N3OS2/c1-12-8-6-7-11-15(12)19-17-20-21-18(24-17)23-13(2)16(22)14-9-4-3-5-10-14/h3-11,13H,1-2H3,(H,19,20). The SMILES string of the molecule is Cc1ccccc1Nc1nnc(SC(C)C(=O)c2ccccc2)s1. The van der Waals surface area contributed by atoms with E-state index in [0.29, 0.717) is 0 Å². The number of anilines is 2. The molecule has 1 unspecified atom stereocenters. The lowest BCUT2D eigenvalue weighted by atomic mass is 10.1. The van der Waals surface area contributed by atoms with Crippen molar-refractivity contribution in [1.82, 2.24) is 10.2 Å². The fourth-order valence-corrected chi connectivity index (χ4v) is 4.16. The van der Waals surface area contributed by atoms with Crippen LogP contribution in [0.3, 0.4) is 0 Å². The van der Waals surface area contributed by atoms with Crippen LogP contribution in [0.2, 0.25) is 0 Å². The molecule has 1 heterocycles. The van der Waals surface area contributed by atoms with Gasteiger partial charge in [-0.15, -0.1) is 10.2 Å². The number of carbonyl (C=O) groups is 1. The Morgan fingerprint density at radius 3 is 2.54 bits per heavy atom. The quantitative estimate of drug-likeness (QED) is 0.500. The van der Waals surface area contributed by atoms with E-state index in [4.69, 9.17) is 0 Å². The number of aryl methyl sites for hydroxylation is 1. The molecule has 4 nitrogen and oxygen atoms in total. The van der Waals surface area contributed by atoms with E-state index < -0.39 is 0 Å². The van der Waals surface area contributed by atoms with E-state index in [1.807, 2.05) is 68.4 Å². The average Bonchev–Trinajstić information content (AvgIpc) is 3.04. The minimum absolute atomic E-state index is 0.101. The second kappa shape index (κ2) is 7.59. The van der Waals surface area contributed by atoms with Gasteiger partial charge in [-0.25, -0.2) is 0 Å². The molecule has 24 heavy (non-hydrogen) atoms. The van der Waals surface area contributed by atoms with Crippen LogP contribution in [0.25, 0.3) is 0 Å². The van der Waals surface area contributed by atoms with E-state index in [1.54, 1.807) is 0 Å². The third-order valence-corrected chi connectivity index (χ3v) is 5.52. The molecule has 1 aromatic heterocycles. The van der Waals surface area contributed by atoms with Crippen LogP contribution in [-0.4, -0.2) is 21.2 Å². The Bertz CT molecular complexity index is 833. The van der Waals surface area contributed by atoms with Gasteiger partial charge in [0.1, 0.15) is 0 Å². The number of rotatable bonds is 6. The largest absolute Gasteiger partial charge is 0.330 e. The minimum atomic E-state index is -0.202. The first kappa shape index (κ1) is 16.7. The first-order valence-electron chi connectivity index (χ1n) is 7.55. The van der Waals surface area contributed by atoms with Crippen molar-refractivity contribution in [2.75, 3.05) is 5.32 Å². The molecule has 0 bridgehead atoms. The number of nitrogens with zero attached hydrogens (tertiary/aromatic N) is 2. The van der Waals surface area contributed by atoms with Gasteiger partial charge < -0.3 is 5.32 Å². The van der Waals surface area contributed by atoms with Gasteiger partial charge in [-0.2, -0.15) is 0 Å². The van der Waals surface area contributed by atoms with Crippen molar-refractivity contribution in [2.45, 2.75) is 23.4 Å². The maximum Gasteiger partial charge on any atom is 0.210 e. The molecule has 3 aromatic rings. The van der Waals surface area contributed by atoms with Crippen LogP contribution >= 0.6 is 23.1 Å². The van der Waals surface area contributed by atoms with Crippen molar-refractivity contribution in [3.8, 4) is 0 Å². The second-order valence-corrected chi connectivity index (χ2v) is 7.87. The van der Waals surface area contributed by atoms with Crippen LogP contribution in [0.4, 0.5) is 10.8 Å². The molecule has 1 N–H and O–H groups in total. The number of carbonyl (C=O) groups excluding carboxylic acids is 1. The number of benzene rings is 2. The first-order valence-corrected chi connectivity index (χ1v) is 9.25. The number of thioether (sulfide) groups is 1. The summed E-state index contributed by atoms with van der Waals surface area (Å²) in [5.74, 6) is 0.101. The molecule has 0 fully saturated rings. The van der Waals surface area contributed by atoms with Crippen molar-refractivity contribution in [3.05, 3.63) is 65.7 Å². The van der Waals surface area contributed by atoms with Gasteiger partial charge >= 0.3 is 0 Å². The molecule has 0 radical (unpaired) electrons. The van der Waals surface area contributed by atoms with Crippen molar-refractivity contribution in [3.63, 3.8) is 0 Å². The number of Topliss-reactive ketones (excluding diaryl/α,β-unsaturated/α-hetero) is 1. The molecular weight excluding hydrogens is 338 g/mol. The molecule has 0 spiro atoms. The summed E-state index contributed by atoms with van der Waals surface area (Å²) in [6, 6.07) is 17.4. The van der Waals surface area contributed by atoms with Crippen LogP contribution in [0.15, 0.2) is 58.9 Å². The summed E-state index contributed by atoms with van der Waals surface area (Å²) < 4.78 is 0.780. The van der Waals surface area contributed by atoms with E-state index in [2.05, 4.69) is 15.5 Å². The highest BCUT2D eigenvalue weighted by molar-refractivity contribution is 8.02. The summed E-state index contributed by atoms with van der Waals surface area (Å²) in [6.07, 6.45) is 0. The van der Waals surface area contributed by atoms with Crippen molar-refractivity contribution < 1.29 is 4.79 Å². The summed E-state index contributed by atoms with van der Waals surface area (Å²) in [6.45, 7) is 3.94. The lowest BCUT2D eigenvalue weighted by Gasteiger charge is -2.07. The Morgan fingerprint density at radius 2 is 1.79 bits per heavy atom. The Hall–Kier alpha value is -2.18. The first-order chi connectivity index (χ1) is 11.6. The van der Waals surface area contributed by atoms with E-state index in [-0.39, 0.29) is 11.0 Å². The molecule has 0 aliphatic heterocycles. The van der Waals surface area contributed by atoms with Gasteiger partial charge in [0.2, 0.25) is 5.13 Å². The maximum atomic E-state index is 12.4. The number of ketones is 1. The third-order valence-electron chi connectivity index (χ3n) is 3.50. The van der Waals surface area contributed by atoms with Gasteiger partial charge in [0, 0.05) is 11.3 Å². The number of aromatic nitrogens is 2. The Balaban J connectivity index is 1.66. The third kappa shape index (κ3) is 4.01. The Morgan fingerprint density at radius 1 is 1.08 bits per heavy atom. The lowest BCUT2D eigenvalue weighted by Crippen LogP contribution is -2.13. The van der Waals surface area contributed by atoms with Gasteiger partial charge in [-0.1, -0.05) is 71.6 Å². The van der Waals surface area contributed by atoms with Crippen molar-refractivity contribution in [1.29, 1.82) is 0 Å². The average molecular weight is 355 g/mol. The zero-order chi connectivity index (χ0) is 16.9. The van der Waals surface area contributed by atoms with Crippen LogP contribution in [0.1, 0.15) is 22.8 Å². The molecule has 0 aliphatic rings. The number of para-hydroxylation sites is 1. The molecule has 122 valence electrons.